The van der Waals surface area contributed by atoms with Gasteiger partial charge in [0.15, 0.2) is 0 Å². The topological polar surface area (TPSA) is 22.0 Å². The molecule has 0 saturated carbocycles. The highest BCUT2D eigenvalue weighted by molar-refractivity contribution is 9.09. The zero-order chi connectivity index (χ0) is 11.8. The Hall–Kier alpha value is -0.610. The lowest BCUT2D eigenvalue weighted by atomic mass is 9.96. The highest BCUT2D eigenvalue weighted by Gasteiger charge is 2.17. The van der Waals surface area contributed by atoms with Crippen LogP contribution in [0.5, 0.6) is 0 Å². The molecular weight excluding hydrogens is 286 g/mol. The number of pyridine rings is 1. The van der Waals surface area contributed by atoms with Crippen LogP contribution in [0.3, 0.4) is 0 Å². The largest absolute Gasteiger partial charge is 0.314 e. The molecule has 0 saturated heterocycles. The molecule has 2 aromatic heterocycles. The summed E-state index contributed by atoms with van der Waals surface area (Å²) >= 11 is 5.09. The molecule has 0 spiro atoms. The van der Waals surface area contributed by atoms with Crippen molar-refractivity contribution in [3.63, 3.8) is 0 Å². The van der Waals surface area contributed by atoms with E-state index in [1.807, 2.05) is 23.7 Å². The minimum absolute atomic E-state index is 0.0908. The fourth-order valence-corrected chi connectivity index (χ4v) is 2.58. The lowest BCUT2D eigenvalue weighted by molar-refractivity contribution is 0.350. The minimum Gasteiger partial charge on any atom is -0.314 e. The van der Waals surface area contributed by atoms with Crippen LogP contribution in [0.4, 0.5) is 0 Å². The third-order valence-electron chi connectivity index (χ3n) is 2.55. The number of halogens is 1. The molecule has 2 nitrogen and oxygen atoms in total. The van der Waals surface area contributed by atoms with Crippen LogP contribution in [-0.2, 0) is 6.54 Å². The molecule has 0 fully saturated rings. The average molecular weight is 300 g/mol. The maximum Gasteiger partial charge on any atom is 0.259 e. The van der Waals surface area contributed by atoms with Crippen molar-refractivity contribution in [1.82, 2.24) is 4.57 Å². The van der Waals surface area contributed by atoms with Crippen molar-refractivity contribution in [3.05, 3.63) is 34.1 Å². The Morgan fingerprint density at radius 1 is 1.44 bits per heavy atom. The summed E-state index contributed by atoms with van der Waals surface area (Å²) < 4.78 is 2.87. The molecule has 0 unspecified atom stereocenters. The summed E-state index contributed by atoms with van der Waals surface area (Å²) in [6.07, 6.45) is 1.89. The van der Waals surface area contributed by atoms with Crippen LogP contribution in [0.25, 0.3) is 10.1 Å². The molecule has 0 bridgehead atoms. The summed E-state index contributed by atoms with van der Waals surface area (Å²) in [6, 6.07) is 3.92. The standard InChI is InChI=1S/C12H14BrNOS/c1-12(2,7-13)8-14-5-3-10-9(11(14)15)4-6-16-10/h3-6H,7-8H2,1-2H3. The summed E-state index contributed by atoms with van der Waals surface area (Å²) in [5.41, 5.74) is 0.209. The van der Waals surface area contributed by atoms with E-state index in [9.17, 15) is 4.79 Å². The molecule has 4 heteroatoms. The first kappa shape index (κ1) is 11.9. The van der Waals surface area contributed by atoms with Gasteiger partial charge in [-0.1, -0.05) is 29.8 Å². The molecule has 0 atom stereocenters. The molecule has 0 radical (unpaired) electrons. The summed E-state index contributed by atoms with van der Waals surface area (Å²) in [5, 5.41) is 3.68. The number of aromatic nitrogens is 1. The van der Waals surface area contributed by atoms with E-state index >= 15 is 0 Å². The van der Waals surface area contributed by atoms with Crippen molar-refractivity contribution in [2.45, 2.75) is 20.4 Å². The zero-order valence-corrected chi connectivity index (χ0v) is 11.8. The van der Waals surface area contributed by atoms with E-state index in [1.54, 1.807) is 15.9 Å². The monoisotopic (exact) mass is 299 g/mol. The molecule has 0 aliphatic rings. The van der Waals surface area contributed by atoms with Crippen LogP contribution >= 0.6 is 27.3 Å². The Kier molecular flexibility index (Phi) is 3.22. The van der Waals surface area contributed by atoms with Crippen molar-refractivity contribution in [1.29, 1.82) is 0 Å². The van der Waals surface area contributed by atoms with Crippen LogP contribution in [0.2, 0.25) is 0 Å². The predicted molar refractivity (Wildman–Crippen MR) is 73.7 cm³/mol. The van der Waals surface area contributed by atoms with Crippen molar-refractivity contribution in [2.24, 2.45) is 5.41 Å². The van der Waals surface area contributed by atoms with Gasteiger partial charge in [-0.25, -0.2) is 0 Å². The van der Waals surface area contributed by atoms with E-state index in [4.69, 9.17) is 0 Å². The van der Waals surface area contributed by atoms with E-state index in [-0.39, 0.29) is 11.0 Å². The zero-order valence-electron chi connectivity index (χ0n) is 9.37. The maximum atomic E-state index is 12.1. The summed E-state index contributed by atoms with van der Waals surface area (Å²) in [6.45, 7) is 5.03. The number of nitrogens with zero attached hydrogens (tertiary/aromatic N) is 1. The second-order valence-electron chi connectivity index (χ2n) is 4.75. The van der Waals surface area contributed by atoms with Crippen LogP contribution < -0.4 is 5.56 Å². The average Bonchev–Trinajstić information content (AvgIpc) is 2.71. The second-order valence-corrected chi connectivity index (χ2v) is 6.25. The molecule has 0 aliphatic heterocycles. The number of thiophene rings is 1. The van der Waals surface area contributed by atoms with E-state index < -0.39 is 0 Å². The second kappa shape index (κ2) is 4.34. The van der Waals surface area contributed by atoms with Crippen LogP contribution in [0.1, 0.15) is 13.8 Å². The third kappa shape index (κ3) is 2.23. The smallest absolute Gasteiger partial charge is 0.259 e. The molecule has 0 aromatic carbocycles. The third-order valence-corrected chi connectivity index (χ3v) is 4.95. The van der Waals surface area contributed by atoms with Crippen molar-refractivity contribution in [3.8, 4) is 0 Å². The number of hydrogen-bond acceptors (Lipinski definition) is 2. The lowest BCUT2D eigenvalue weighted by Gasteiger charge is -2.22. The van der Waals surface area contributed by atoms with Gasteiger partial charge in [0.05, 0.1) is 5.39 Å². The molecule has 2 aromatic rings. The molecule has 0 amide bonds. The van der Waals surface area contributed by atoms with Gasteiger partial charge in [-0.3, -0.25) is 4.79 Å². The van der Waals surface area contributed by atoms with Crippen molar-refractivity contribution in [2.75, 3.05) is 5.33 Å². The number of rotatable bonds is 3. The number of alkyl halides is 1. The maximum absolute atomic E-state index is 12.1. The van der Waals surface area contributed by atoms with Crippen LogP contribution in [0, 0.1) is 5.41 Å². The van der Waals surface area contributed by atoms with E-state index in [0.29, 0.717) is 0 Å². The first-order valence-corrected chi connectivity index (χ1v) is 7.16. The summed E-state index contributed by atoms with van der Waals surface area (Å²) in [5.74, 6) is 0. The van der Waals surface area contributed by atoms with E-state index in [1.165, 1.54) is 0 Å². The van der Waals surface area contributed by atoms with Gasteiger partial charge in [0.1, 0.15) is 0 Å². The first-order valence-electron chi connectivity index (χ1n) is 5.16. The Balaban J connectivity index is 2.46. The van der Waals surface area contributed by atoms with E-state index in [0.717, 1.165) is 22.0 Å². The normalized spacial score (nSPS) is 12.2. The SMILES string of the molecule is CC(C)(CBr)Cn1ccc2sccc2c1=O. The van der Waals surface area contributed by atoms with Gasteiger partial charge in [-0.05, 0) is 22.9 Å². The number of hydrogen-bond donors (Lipinski definition) is 0. The minimum atomic E-state index is 0.0908. The summed E-state index contributed by atoms with van der Waals surface area (Å²) in [4.78, 5) is 12.1. The highest BCUT2D eigenvalue weighted by Crippen LogP contribution is 2.21. The summed E-state index contributed by atoms with van der Waals surface area (Å²) in [7, 11) is 0. The fraction of sp³-hybridized carbons (Fsp3) is 0.417. The lowest BCUT2D eigenvalue weighted by Crippen LogP contribution is -2.28. The van der Waals surface area contributed by atoms with Gasteiger partial charge in [-0.15, -0.1) is 11.3 Å². The van der Waals surface area contributed by atoms with Gasteiger partial charge < -0.3 is 4.57 Å². The van der Waals surface area contributed by atoms with Gasteiger partial charge in [0.25, 0.3) is 5.56 Å². The quantitative estimate of drug-likeness (QED) is 0.795. The molecule has 0 N–H and O–H groups in total. The molecule has 16 heavy (non-hydrogen) atoms. The molecule has 2 heterocycles. The molecular formula is C12H14BrNOS. The van der Waals surface area contributed by atoms with Crippen LogP contribution in [-0.4, -0.2) is 9.90 Å². The highest BCUT2D eigenvalue weighted by atomic mass is 79.9. The van der Waals surface area contributed by atoms with Gasteiger partial charge in [0, 0.05) is 22.8 Å². The van der Waals surface area contributed by atoms with Gasteiger partial charge >= 0.3 is 0 Å². The molecule has 2 rings (SSSR count). The van der Waals surface area contributed by atoms with Gasteiger partial charge in [-0.2, -0.15) is 0 Å². The Morgan fingerprint density at radius 2 is 2.19 bits per heavy atom. The Bertz CT molecular complexity index is 555. The van der Waals surface area contributed by atoms with Crippen molar-refractivity contribution < 1.29 is 0 Å². The molecule has 0 aliphatic carbocycles. The molecule has 86 valence electrons. The van der Waals surface area contributed by atoms with E-state index in [2.05, 4.69) is 29.8 Å². The fourth-order valence-electron chi connectivity index (χ4n) is 1.63. The van der Waals surface area contributed by atoms with Crippen molar-refractivity contribution >= 4 is 37.4 Å². The first-order chi connectivity index (χ1) is 7.53. The Labute approximate surface area is 107 Å². The number of fused-ring (bicyclic) bond motifs is 1. The predicted octanol–water partition coefficient (Wildman–Crippen LogP) is 3.48. The Morgan fingerprint density at radius 3 is 2.88 bits per heavy atom. The van der Waals surface area contributed by atoms with Crippen LogP contribution in [0.15, 0.2) is 28.5 Å². The van der Waals surface area contributed by atoms with Gasteiger partial charge in [0.2, 0.25) is 0 Å².